The smallest absolute Gasteiger partial charge is 0.309 e. The van der Waals surface area contributed by atoms with Crippen LogP contribution in [0.4, 0.5) is 0 Å². The van der Waals surface area contributed by atoms with Gasteiger partial charge in [0.25, 0.3) is 0 Å². The van der Waals surface area contributed by atoms with E-state index in [0.29, 0.717) is 12.8 Å². The molecule has 0 spiro atoms. The molecular formula is C77H136O6. The van der Waals surface area contributed by atoms with Crippen LogP contribution in [0, 0.1) is 0 Å². The van der Waals surface area contributed by atoms with Crippen molar-refractivity contribution in [3.8, 4) is 0 Å². The van der Waals surface area contributed by atoms with E-state index in [1.54, 1.807) is 6.08 Å². The van der Waals surface area contributed by atoms with E-state index in [0.717, 1.165) is 96.3 Å². The van der Waals surface area contributed by atoms with E-state index in [4.69, 9.17) is 14.2 Å². The molecule has 480 valence electrons. The summed E-state index contributed by atoms with van der Waals surface area (Å²) in [5.41, 5.74) is 0. The molecule has 0 aromatic rings. The van der Waals surface area contributed by atoms with Crippen LogP contribution in [0.5, 0.6) is 0 Å². The van der Waals surface area contributed by atoms with Crippen LogP contribution in [-0.4, -0.2) is 37.2 Å². The molecular weight excluding hydrogens is 1020 g/mol. The number of carbonyl (C=O) groups is 3. The molecule has 83 heavy (non-hydrogen) atoms. The van der Waals surface area contributed by atoms with E-state index >= 15 is 0 Å². The zero-order valence-corrected chi connectivity index (χ0v) is 55.2. The fourth-order valence-corrected chi connectivity index (χ4v) is 10.6. The molecule has 6 heteroatoms. The SMILES string of the molecule is CC/C=C\C/C=C\C/C=C\C/C=C\C/C=C\CC(=O)OCC(COC(=O)CCCCCCCCCCCCCCCCCCCCCCCCCCCCCCCCCCCC)OC(=O)CCCCCCC/C=C\C/C=C\CCCCCC. The van der Waals surface area contributed by atoms with Crippen LogP contribution in [-0.2, 0) is 28.6 Å². The maximum absolute atomic E-state index is 12.9. The van der Waals surface area contributed by atoms with Gasteiger partial charge in [-0.3, -0.25) is 14.4 Å². The van der Waals surface area contributed by atoms with Gasteiger partial charge in [-0.25, -0.2) is 0 Å². The lowest BCUT2D eigenvalue weighted by Crippen LogP contribution is -2.30. The predicted octanol–water partition coefficient (Wildman–Crippen LogP) is 25.0. The number of allylic oxidation sites excluding steroid dienone is 13. The first-order valence-corrected chi connectivity index (χ1v) is 36.1. The molecule has 0 fully saturated rings. The lowest BCUT2D eigenvalue weighted by Gasteiger charge is -2.18. The van der Waals surface area contributed by atoms with E-state index in [2.05, 4.69) is 93.7 Å². The Bertz CT molecular complexity index is 1570. The largest absolute Gasteiger partial charge is 0.462 e. The Kier molecular flexibility index (Phi) is 68.2. The van der Waals surface area contributed by atoms with Crippen molar-refractivity contribution in [1.29, 1.82) is 0 Å². The Balaban J connectivity index is 4.18. The van der Waals surface area contributed by atoms with Gasteiger partial charge in [0.15, 0.2) is 6.10 Å². The Morgan fingerprint density at radius 3 is 0.855 bits per heavy atom. The van der Waals surface area contributed by atoms with Crippen molar-refractivity contribution >= 4 is 17.9 Å². The average molecular weight is 1160 g/mol. The molecule has 0 aliphatic heterocycles. The highest BCUT2D eigenvalue weighted by Gasteiger charge is 2.19. The first-order chi connectivity index (χ1) is 41.0. The summed E-state index contributed by atoms with van der Waals surface area (Å²) < 4.78 is 16.8. The number of hydrogen-bond acceptors (Lipinski definition) is 6. The number of carbonyl (C=O) groups excluding carboxylic acids is 3. The van der Waals surface area contributed by atoms with Gasteiger partial charge in [-0.05, 0) is 77.0 Å². The van der Waals surface area contributed by atoms with Gasteiger partial charge in [0.2, 0.25) is 0 Å². The zero-order chi connectivity index (χ0) is 59.9. The lowest BCUT2D eigenvalue weighted by atomic mass is 10.0. The van der Waals surface area contributed by atoms with Crippen molar-refractivity contribution in [1.82, 2.24) is 0 Å². The van der Waals surface area contributed by atoms with Crippen molar-refractivity contribution < 1.29 is 28.6 Å². The highest BCUT2D eigenvalue weighted by Crippen LogP contribution is 2.18. The Hall–Kier alpha value is -3.41. The molecule has 1 atom stereocenters. The van der Waals surface area contributed by atoms with Gasteiger partial charge >= 0.3 is 17.9 Å². The number of ether oxygens (including phenoxy) is 3. The van der Waals surface area contributed by atoms with Gasteiger partial charge in [-0.15, -0.1) is 0 Å². The molecule has 0 radical (unpaired) electrons. The molecule has 0 aliphatic carbocycles. The number of hydrogen-bond donors (Lipinski definition) is 0. The minimum Gasteiger partial charge on any atom is -0.462 e. The van der Waals surface area contributed by atoms with Gasteiger partial charge in [-0.1, -0.05) is 356 Å². The summed E-state index contributed by atoms with van der Waals surface area (Å²) in [7, 11) is 0. The molecule has 0 aromatic carbocycles. The number of rotatable bonds is 66. The first-order valence-electron chi connectivity index (χ1n) is 36.1. The summed E-state index contributed by atoms with van der Waals surface area (Å²) in [6.07, 6.45) is 95.3. The van der Waals surface area contributed by atoms with Gasteiger partial charge in [0.05, 0.1) is 6.42 Å². The van der Waals surface area contributed by atoms with Gasteiger partial charge < -0.3 is 14.2 Å². The van der Waals surface area contributed by atoms with Crippen LogP contribution < -0.4 is 0 Å². The van der Waals surface area contributed by atoms with Gasteiger partial charge in [-0.2, -0.15) is 0 Å². The van der Waals surface area contributed by atoms with Crippen LogP contribution in [0.15, 0.2) is 85.1 Å². The van der Waals surface area contributed by atoms with Crippen LogP contribution in [0.2, 0.25) is 0 Å². The standard InChI is InChI=1S/C77H136O6/c1-4-7-10-13-16-19-22-25-28-30-31-32-33-34-35-36-37-38-39-40-41-42-43-44-45-46-47-50-52-55-58-61-64-67-70-76(79)82-73-74(72-81-75(78)69-66-63-60-57-54-51-48-27-24-21-18-15-12-9-6-3)83-77(80)71-68-65-62-59-56-53-49-29-26-23-20-17-14-11-8-5-2/h9,12,18,20-21,23,27,29,48-49,54,57,63,66,74H,4-8,10-11,13-17,19,22,24-26,28,30-47,50-53,55-56,58-62,64-65,67-73H2,1-3H3/b12-9-,21-18-,23-20-,48-27-,49-29-,57-54-,66-63-. The quantitative estimate of drug-likeness (QED) is 0.0261. The molecule has 0 saturated heterocycles. The van der Waals surface area contributed by atoms with E-state index in [-0.39, 0.29) is 31.6 Å². The third-order valence-electron chi connectivity index (χ3n) is 15.9. The third-order valence-corrected chi connectivity index (χ3v) is 15.9. The fourth-order valence-electron chi connectivity index (χ4n) is 10.6. The molecule has 0 saturated carbocycles. The average Bonchev–Trinajstić information content (AvgIpc) is 3.49. The van der Waals surface area contributed by atoms with Crippen LogP contribution in [0.3, 0.4) is 0 Å². The van der Waals surface area contributed by atoms with Crippen molar-refractivity contribution in [2.75, 3.05) is 13.2 Å². The van der Waals surface area contributed by atoms with E-state index in [1.165, 1.54) is 231 Å². The molecule has 0 heterocycles. The maximum atomic E-state index is 12.9. The second-order valence-corrected chi connectivity index (χ2v) is 24.1. The number of unbranched alkanes of at least 4 members (excludes halogenated alkanes) is 42. The van der Waals surface area contributed by atoms with Gasteiger partial charge in [0, 0.05) is 12.8 Å². The predicted molar refractivity (Wildman–Crippen MR) is 362 cm³/mol. The normalized spacial score (nSPS) is 12.6. The molecule has 1 unspecified atom stereocenters. The van der Waals surface area contributed by atoms with Crippen molar-refractivity contribution in [3.05, 3.63) is 85.1 Å². The highest BCUT2D eigenvalue weighted by molar-refractivity contribution is 5.72. The summed E-state index contributed by atoms with van der Waals surface area (Å²) in [6, 6.07) is 0. The summed E-state index contributed by atoms with van der Waals surface area (Å²) in [5, 5.41) is 0. The Morgan fingerprint density at radius 1 is 0.265 bits per heavy atom. The molecule has 6 nitrogen and oxygen atoms in total. The maximum Gasteiger partial charge on any atom is 0.309 e. The summed E-state index contributed by atoms with van der Waals surface area (Å²) in [6.45, 7) is 6.46. The molecule has 0 aliphatic rings. The summed E-state index contributed by atoms with van der Waals surface area (Å²) in [5.74, 6) is -1.04. The van der Waals surface area contributed by atoms with Gasteiger partial charge in [0.1, 0.15) is 13.2 Å². The highest BCUT2D eigenvalue weighted by atomic mass is 16.6. The molecule has 0 bridgehead atoms. The van der Waals surface area contributed by atoms with Crippen LogP contribution in [0.25, 0.3) is 0 Å². The fraction of sp³-hybridized carbons (Fsp3) is 0.779. The van der Waals surface area contributed by atoms with Crippen LogP contribution >= 0.6 is 0 Å². The van der Waals surface area contributed by atoms with Crippen LogP contribution in [0.1, 0.15) is 367 Å². The first kappa shape index (κ1) is 79.6. The lowest BCUT2D eigenvalue weighted by molar-refractivity contribution is -0.166. The summed E-state index contributed by atoms with van der Waals surface area (Å²) >= 11 is 0. The Morgan fingerprint density at radius 2 is 0.518 bits per heavy atom. The molecule has 0 rings (SSSR count). The van der Waals surface area contributed by atoms with E-state index < -0.39 is 12.1 Å². The third kappa shape index (κ3) is 69.3. The van der Waals surface area contributed by atoms with Crippen molar-refractivity contribution in [3.63, 3.8) is 0 Å². The minimum atomic E-state index is -0.825. The molecule has 0 aromatic heterocycles. The second-order valence-electron chi connectivity index (χ2n) is 24.1. The number of esters is 3. The van der Waals surface area contributed by atoms with Crippen molar-refractivity contribution in [2.24, 2.45) is 0 Å². The molecule has 0 amide bonds. The Labute approximate surface area is 515 Å². The summed E-state index contributed by atoms with van der Waals surface area (Å²) in [4.78, 5) is 38.3. The topological polar surface area (TPSA) is 78.9 Å². The minimum absolute atomic E-state index is 0.110. The van der Waals surface area contributed by atoms with E-state index in [1.807, 2.05) is 6.08 Å². The second kappa shape index (κ2) is 71.1. The van der Waals surface area contributed by atoms with E-state index in [9.17, 15) is 14.4 Å². The zero-order valence-electron chi connectivity index (χ0n) is 55.2. The van der Waals surface area contributed by atoms with Crippen molar-refractivity contribution in [2.45, 2.75) is 374 Å². The molecule has 0 N–H and O–H groups in total. The monoisotopic (exact) mass is 1160 g/mol.